The third-order valence-electron chi connectivity index (χ3n) is 2.46. The van der Waals surface area contributed by atoms with E-state index in [2.05, 4.69) is 16.0 Å². The number of hydrogen-bond acceptors (Lipinski definition) is 2. The van der Waals surface area contributed by atoms with E-state index in [0.717, 1.165) is 11.3 Å². The van der Waals surface area contributed by atoms with E-state index >= 15 is 0 Å². The van der Waals surface area contributed by atoms with Crippen molar-refractivity contribution in [2.75, 3.05) is 0 Å². The van der Waals surface area contributed by atoms with Crippen molar-refractivity contribution in [2.24, 2.45) is 9.98 Å². The van der Waals surface area contributed by atoms with Gasteiger partial charge in [-0.2, -0.15) is 4.99 Å². The summed E-state index contributed by atoms with van der Waals surface area (Å²) in [6.07, 6.45) is 0. The van der Waals surface area contributed by atoms with Gasteiger partial charge in [-0.3, -0.25) is 4.79 Å². The first kappa shape index (κ1) is 12.0. The number of benzene rings is 2. The van der Waals surface area contributed by atoms with Crippen LogP contribution in [0.5, 0.6) is 0 Å². The molecule has 0 saturated heterocycles. The van der Waals surface area contributed by atoms with Gasteiger partial charge in [0.05, 0.1) is 5.69 Å². The number of para-hydroxylation sites is 1. The molecule has 0 aliphatic carbocycles. The third-order valence-corrected chi connectivity index (χ3v) is 2.46. The molecule has 3 nitrogen and oxygen atoms in total. The first-order valence-electron chi connectivity index (χ1n) is 5.59. The highest BCUT2D eigenvalue weighted by atomic mass is 16.1. The van der Waals surface area contributed by atoms with E-state index in [4.69, 9.17) is 0 Å². The molecule has 2 aromatic carbocycles. The molecule has 0 radical (unpaired) electrons. The first-order valence-corrected chi connectivity index (χ1v) is 5.59. The second kappa shape index (κ2) is 5.71. The maximum atomic E-state index is 11.8. The van der Waals surface area contributed by atoms with Crippen LogP contribution >= 0.6 is 0 Å². The number of aliphatic imine (C=N–C) groups is 2. The molecule has 2 aromatic rings. The summed E-state index contributed by atoms with van der Waals surface area (Å²) in [6.45, 7) is 1.87. The van der Waals surface area contributed by atoms with Crippen molar-refractivity contribution in [1.29, 1.82) is 0 Å². The summed E-state index contributed by atoms with van der Waals surface area (Å²) in [6, 6.07) is 19.0. The minimum atomic E-state index is -0.326. The number of aryl methyl sites for hydroxylation is 1. The Bertz CT molecular complexity index is 611. The maximum Gasteiger partial charge on any atom is 0.286 e. The van der Waals surface area contributed by atoms with Gasteiger partial charge in [0.1, 0.15) is 6.01 Å². The Morgan fingerprint density at radius 1 is 1.00 bits per heavy atom. The fraction of sp³-hybridized carbons (Fsp3) is 0.0667. The van der Waals surface area contributed by atoms with E-state index in [1.54, 1.807) is 6.07 Å². The third kappa shape index (κ3) is 3.00. The van der Waals surface area contributed by atoms with Gasteiger partial charge >= 0.3 is 0 Å². The van der Waals surface area contributed by atoms with Gasteiger partial charge in [0.25, 0.3) is 5.91 Å². The molecule has 0 N–H and O–H groups in total. The van der Waals surface area contributed by atoms with E-state index < -0.39 is 0 Å². The maximum absolute atomic E-state index is 11.8. The zero-order valence-electron chi connectivity index (χ0n) is 10.00. The Kier molecular flexibility index (Phi) is 3.79. The Balaban J connectivity index is 2.18. The second-order valence-electron chi connectivity index (χ2n) is 3.78. The van der Waals surface area contributed by atoms with Crippen LogP contribution in [0.2, 0.25) is 0 Å². The normalized spacial score (nSPS) is 9.39. The highest BCUT2D eigenvalue weighted by Gasteiger charge is 2.04. The topological polar surface area (TPSA) is 41.8 Å². The van der Waals surface area contributed by atoms with Crippen molar-refractivity contribution >= 4 is 17.6 Å². The van der Waals surface area contributed by atoms with E-state index in [1.165, 1.54) is 0 Å². The first-order chi connectivity index (χ1) is 8.77. The zero-order valence-corrected chi connectivity index (χ0v) is 10.00. The Labute approximate surface area is 106 Å². The van der Waals surface area contributed by atoms with E-state index in [-0.39, 0.29) is 5.91 Å². The summed E-state index contributed by atoms with van der Waals surface area (Å²) in [5.74, 6) is -0.326. The summed E-state index contributed by atoms with van der Waals surface area (Å²) in [5.41, 5.74) is 2.19. The van der Waals surface area contributed by atoms with Crippen molar-refractivity contribution in [3.8, 4) is 0 Å². The SMILES string of the molecule is Cc1ccccc1C(=O)N=C=Nc1ccccc1. The van der Waals surface area contributed by atoms with Gasteiger partial charge < -0.3 is 0 Å². The molecule has 0 atom stereocenters. The van der Waals surface area contributed by atoms with Gasteiger partial charge in [0, 0.05) is 5.56 Å². The molecule has 0 fully saturated rings. The highest BCUT2D eigenvalue weighted by Crippen LogP contribution is 2.09. The molecule has 0 aliphatic rings. The lowest BCUT2D eigenvalue weighted by molar-refractivity contribution is 0.100. The fourth-order valence-electron chi connectivity index (χ4n) is 1.50. The smallest absolute Gasteiger partial charge is 0.266 e. The van der Waals surface area contributed by atoms with E-state index in [9.17, 15) is 4.79 Å². The Hall–Kier alpha value is -2.51. The molecule has 88 valence electrons. The quantitative estimate of drug-likeness (QED) is 0.734. The van der Waals surface area contributed by atoms with Gasteiger partial charge in [-0.05, 0) is 30.7 Å². The van der Waals surface area contributed by atoms with Crippen LogP contribution in [0, 0.1) is 6.92 Å². The number of hydrogen-bond donors (Lipinski definition) is 0. The van der Waals surface area contributed by atoms with Crippen LogP contribution in [0.4, 0.5) is 5.69 Å². The Morgan fingerprint density at radius 2 is 1.67 bits per heavy atom. The lowest BCUT2D eigenvalue weighted by Crippen LogP contribution is -1.96. The lowest BCUT2D eigenvalue weighted by Gasteiger charge is -1.97. The standard InChI is InChI=1S/C15H12N2O/c1-12-7-5-6-10-14(12)15(18)17-11-16-13-8-3-2-4-9-13/h2-10H,1H3. The van der Waals surface area contributed by atoms with Crippen LogP contribution in [0.25, 0.3) is 0 Å². The minimum absolute atomic E-state index is 0.326. The molecule has 0 unspecified atom stereocenters. The van der Waals surface area contributed by atoms with Crippen LogP contribution in [0.3, 0.4) is 0 Å². The molecule has 18 heavy (non-hydrogen) atoms. The van der Waals surface area contributed by atoms with Crippen LogP contribution < -0.4 is 0 Å². The molecule has 1 amide bonds. The number of carbonyl (C=O) groups excluding carboxylic acids is 1. The molecule has 3 heteroatoms. The number of nitrogens with zero attached hydrogens (tertiary/aromatic N) is 2. The van der Waals surface area contributed by atoms with E-state index in [1.807, 2.05) is 55.5 Å². The van der Waals surface area contributed by atoms with E-state index in [0.29, 0.717) is 5.56 Å². The average molecular weight is 236 g/mol. The van der Waals surface area contributed by atoms with Crippen LogP contribution in [0.15, 0.2) is 64.6 Å². The number of amides is 1. The average Bonchev–Trinajstić information content (AvgIpc) is 2.40. The number of carbonyl (C=O) groups is 1. The predicted octanol–water partition coefficient (Wildman–Crippen LogP) is 3.64. The van der Waals surface area contributed by atoms with Crippen LogP contribution in [0.1, 0.15) is 15.9 Å². The van der Waals surface area contributed by atoms with Gasteiger partial charge in [0.2, 0.25) is 0 Å². The summed E-state index contributed by atoms with van der Waals surface area (Å²) < 4.78 is 0. The summed E-state index contributed by atoms with van der Waals surface area (Å²) in [5, 5.41) is 0. The van der Waals surface area contributed by atoms with Crippen molar-refractivity contribution < 1.29 is 4.79 Å². The Morgan fingerprint density at radius 3 is 2.39 bits per heavy atom. The molecule has 0 spiro atoms. The van der Waals surface area contributed by atoms with Gasteiger partial charge in [-0.25, -0.2) is 0 Å². The van der Waals surface area contributed by atoms with Crippen molar-refractivity contribution in [3.63, 3.8) is 0 Å². The molecule has 0 aromatic heterocycles. The highest BCUT2D eigenvalue weighted by molar-refractivity contribution is 5.99. The largest absolute Gasteiger partial charge is 0.286 e. The van der Waals surface area contributed by atoms with Crippen molar-refractivity contribution in [2.45, 2.75) is 6.92 Å². The molecule has 0 bridgehead atoms. The lowest BCUT2D eigenvalue weighted by atomic mass is 10.1. The van der Waals surface area contributed by atoms with Crippen LogP contribution in [-0.2, 0) is 0 Å². The monoisotopic (exact) mass is 236 g/mol. The minimum Gasteiger partial charge on any atom is -0.266 e. The number of rotatable bonds is 2. The van der Waals surface area contributed by atoms with Gasteiger partial charge in [-0.1, -0.05) is 36.4 Å². The fourth-order valence-corrected chi connectivity index (χ4v) is 1.50. The molecule has 0 heterocycles. The molecule has 0 saturated carbocycles. The summed E-state index contributed by atoms with van der Waals surface area (Å²) in [7, 11) is 0. The molecular weight excluding hydrogens is 224 g/mol. The molecule has 0 aliphatic heterocycles. The van der Waals surface area contributed by atoms with Gasteiger partial charge in [-0.15, -0.1) is 4.99 Å². The predicted molar refractivity (Wildman–Crippen MR) is 71.5 cm³/mol. The molecular formula is C15H12N2O. The zero-order chi connectivity index (χ0) is 12.8. The summed E-state index contributed by atoms with van der Waals surface area (Å²) >= 11 is 0. The second-order valence-corrected chi connectivity index (χ2v) is 3.78. The summed E-state index contributed by atoms with van der Waals surface area (Å²) in [4.78, 5) is 19.4. The van der Waals surface area contributed by atoms with Crippen molar-refractivity contribution in [1.82, 2.24) is 0 Å². The van der Waals surface area contributed by atoms with Crippen molar-refractivity contribution in [3.05, 3.63) is 65.7 Å². The van der Waals surface area contributed by atoms with Gasteiger partial charge in [0.15, 0.2) is 0 Å². The molecule has 2 rings (SSSR count). The van der Waals surface area contributed by atoms with Crippen LogP contribution in [-0.4, -0.2) is 11.9 Å².